The second-order valence-corrected chi connectivity index (χ2v) is 10.4. The van der Waals surface area contributed by atoms with Crippen LogP contribution < -0.4 is 11.3 Å². The number of carbonyl (C=O) groups is 2. The summed E-state index contributed by atoms with van der Waals surface area (Å²) in [6, 6.07) is 4.98. The molecule has 1 aliphatic carbocycles. The van der Waals surface area contributed by atoms with Crippen LogP contribution in [-0.4, -0.2) is 50.6 Å². The van der Waals surface area contributed by atoms with Crippen molar-refractivity contribution >= 4 is 22.8 Å². The van der Waals surface area contributed by atoms with Gasteiger partial charge in [0.1, 0.15) is 12.4 Å². The second kappa shape index (κ2) is 8.71. The topological polar surface area (TPSA) is 128 Å². The van der Waals surface area contributed by atoms with Gasteiger partial charge in [-0.25, -0.2) is 14.2 Å². The fraction of sp³-hybridized carbons (Fsp3) is 0.429. The van der Waals surface area contributed by atoms with Gasteiger partial charge in [-0.05, 0) is 55.9 Å². The number of rotatable bonds is 6. The Bertz CT molecular complexity index is 1590. The minimum atomic E-state index is -1.93. The van der Waals surface area contributed by atoms with Crippen LogP contribution in [0.1, 0.15) is 54.0 Å². The van der Waals surface area contributed by atoms with Crippen LogP contribution in [0.25, 0.3) is 22.3 Å². The Hall–Kier alpha value is -3.63. The highest BCUT2D eigenvalue weighted by atomic mass is 19.1. The molecule has 3 aliphatic rings. The summed E-state index contributed by atoms with van der Waals surface area (Å²) >= 11 is 0. The molecule has 198 valence electrons. The van der Waals surface area contributed by atoms with E-state index in [-0.39, 0.29) is 54.8 Å². The third-order valence-electron chi connectivity index (χ3n) is 8.17. The van der Waals surface area contributed by atoms with E-state index >= 15 is 0 Å². The molecule has 1 atom stereocenters. The zero-order chi connectivity index (χ0) is 26.9. The first-order valence-electron chi connectivity index (χ1n) is 13.0. The molecule has 38 heavy (non-hydrogen) atoms. The average molecular weight is 521 g/mol. The van der Waals surface area contributed by atoms with Crippen molar-refractivity contribution in [1.82, 2.24) is 14.5 Å². The molecule has 0 radical (unpaired) electrons. The molecule has 1 fully saturated rings. The normalized spacial score (nSPS) is 19.7. The van der Waals surface area contributed by atoms with E-state index in [1.807, 2.05) is 4.90 Å². The summed E-state index contributed by atoms with van der Waals surface area (Å²) in [5, 5.41) is 11.9. The molecular formula is C28H29FN4O5. The number of hydrogen-bond donors (Lipinski definition) is 2. The van der Waals surface area contributed by atoms with E-state index in [9.17, 15) is 23.9 Å². The number of amides is 1. The lowest BCUT2D eigenvalue weighted by Crippen LogP contribution is -2.44. The molecule has 1 aromatic carbocycles. The minimum absolute atomic E-state index is 0.0433. The monoisotopic (exact) mass is 520 g/mol. The second-order valence-electron chi connectivity index (χ2n) is 10.4. The molecule has 3 N–H and O–H groups in total. The van der Waals surface area contributed by atoms with Crippen molar-refractivity contribution in [1.29, 1.82) is 0 Å². The van der Waals surface area contributed by atoms with E-state index in [4.69, 9.17) is 15.5 Å². The number of aromatic nitrogens is 2. The molecular weight excluding hydrogens is 491 g/mol. The van der Waals surface area contributed by atoms with Crippen LogP contribution in [0.4, 0.5) is 4.39 Å². The van der Waals surface area contributed by atoms with E-state index in [1.54, 1.807) is 30.5 Å². The summed E-state index contributed by atoms with van der Waals surface area (Å²) in [5.74, 6) is -1.29. The van der Waals surface area contributed by atoms with Crippen molar-refractivity contribution in [2.75, 3.05) is 13.1 Å². The maximum absolute atomic E-state index is 14.6. The fourth-order valence-corrected chi connectivity index (χ4v) is 5.82. The number of nitrogens with two attached hydrogens (primary N) is 1. The molecule has 0 unspecified atom stereocenters. The number of nitrogens with zero attached hydrogens (tertiary/aromatic N) is 3. The zero-order valence-electron chi connectivity index (χ0n) is 21.3. The molecule has 0 spiro atoms. The summed E-state index contributed by atoms with van der Waals surface area (Å²) in [5.41, 5.74) is 7.44. The number of esters is 1. The van der Waals surface area contributed by atoms with Gasteiger partial charge in [0.05, 0.1) is 35.6 Å². The van der Waals surface area contributed by atoms with E-state index < -0.39 is 17.4 Å². The predicted octanol–water partition coefficient (Wildman–Crippen LogP) is 2.02. The number of halogens is 1. The Morgan fingerprint density at radius 2 is 2.05 bits per heavy atom. The number of benzene rings is 1. The molecule has 0 bridgehead atoms. The number of cyclic esters (lactones) is 1. The highest BCUT2D eigenvalue weighted by Crippen LogP contribution is 2.41. The first-order valence-corrected chi connectivity index (χ1v) is 13.0. The molecule has 1 saturated carbocycles. The molecule has 6 rings (SSSR count). The molecule has 10 heteroatoms. The molecule has 4 heterocycles. The number of aliphatic hydroxyl groups is 1. The van der Waals surface area contributed by atoms with Crippen LogP contribution >= 0.6 is 0 Å². The lowest BCUT2D eigenvalue weighted by molar-refractivity contribution is -0.172. The summed E-state index contributed by atoms with van der Waals surface area (Å²) < 4.78 is 21.4. The van der Waals surface area contributed by atoms with Crippen LogP contribution in [0.2, 0.25) is 0 Å². The number of fused-ring (bicyclic) bond motifs is 5. The number of ether oxygens (including phenoxy) is 1. The summed E-state index contributed by atoms with van der Waals surface area (Å²) in [7, 11) is 0. The average Bonchev–Trinajstić information content (AvgIpc) is 3.68. The standard InChI is InChI=1S/C28H29FN4O5/c1-3-28(37)20-9-23-25-18(12-33(23)26(35)19(20)13-38-27(28)36)16(6-7-32(15-4-5-15)24(34)11-30)17-8-14(2)21(29)10-22(17)31-25/h8-10,15,37H,3-7,11-13,30H2,1-2H3/t28-/m0/s1. The third kappa shape index (κ3) is 3.58. The lowest BCUT2D eigenvalue weighted by atomic mass is 9.86. The van der Waals surface area contributed by atoms with Gasteiger partial charge in [-0.1, -0.05) is 6.92 Å². The Kier molecular flexibility index (Phi) is 5.66. The molecule has 3 aromatic rings. The van der Waals surface area contributed by atoms with Gasteiger partial charge in [0.2, 0.25) is 5.91 Å². The van der Waals surface area contributed by atoms with Gasteiger partial charge in [-0.3, -0.25) is 9.59 Å². The summed E-state index contributed by atoms with van der Waals surface area (Å²) in [6.45, 7) is 3.74. The predicted molar refractivity (Wildman–Crippen MR) is 137 cm³/mol. The Balaban J connectivity index is 1.54. The van der Waals surface area contributed by atoms with Crippen LogP contribution in [-0.2, 0) is 39.5 Å². The third-order valence-corrected chi connectivity index (χ3v) is 8.17. The van der Waals surface area contributed by atoms with E-state index in [2.05, 4.69) is 0 Å². The molecule has 2 aromatic heterocycles. The maximum Gasteiger partial charge on any atom is 0.343 e. The van der Waals surface area contributed by atoms with Crippen molar-refractivity contribution in [2.24, 2.45) is 5.73 Å². The van der Waals surface area contributed by atoms with Crippen molar-refractivity contribution in [3.63, 3.8) is 0 Å². The van der Waals surface area contributed by atoms with Crippen LogP contribution in [0.15, 0.2) is 23.0 Å². The van der Waals surface area contributed by atoms with Gasteiger partial charge in [0.15, 0.2) is 5.60 Å². The Morgan fingerprint density at radius 3 is 2.74 bits per heavy atom. The van der Waals surface area contributed by atoms with Gasteiger partial charge in [0, 0.05) is 35.2 Å². The number of hydrogen-bond acceptors (Lipinski definition) is 7. The highest BCUT2D eigenvalue weighted by Gasteiger charge is 2.45. The van der Waals surface area contributed by atoms with E-state index in [0.717, 1.165) is 29.4 Å². The van der Waals surface area contributed by atoms with Crippen molar-refractivity contribution in [3.05, 3.63) is 62.2 Å². The van der Waals surface area contributed by atoms with Crippen LogP contribution in [0.5, 0.6) is 0 Å². The molecule has 0 saturated heterocycles. The summed E-state index contributed by atoms with van der Waals surface area (Å²) in [6.07, 6.45) is 2.41. The van der Waals surface area contributed by atoms with Crippen LogP contribution in [0, 0.1) is 12.7 Å². The van der Waals surface area contributed by atoms with E-state index in [0.29, 0.717) is 35.4 Å². The first kappa shape index (κ1) is 24.7. The number of pyridine rings is 2. The number of aryl methyl sites for hydroxylation is 1. The highest BCUT2D eigenvalue weighted by molar-refractivity contribution is 5.89. The Labute approximate surface area is 218 Å². The molecule has 9 nitrogen and oxygen atoms in total. The van der Waals surface area contributed by atoms with Gasteiger partial charge in [-0.15, -0.1) is 0 Å². The quantitative estimate of drug-likeness (QED) is 0.372. The largest absolute Gasteiger partial charge is 0.458 e. The van der Waals surface area contributed by atoms with E-state index in [1.165, 1.54) is 6.07 Å². The van der Waals surface area contributed by atoms with Gasteiger partial charge >= 0.3 is 5.97 Å². The number of carbonyl (C=O) groups excluding carboxylic acids is 2. The first-order chi connectivity index (χ1) is 18.2. The smallest absolute Gasteiger partial charge is 0.343 e. The minimum Gasteiger partial charge on any atom is -0.458 e. The lowest BCUT2D eigenvalue weighted by Gasteiger charge is -2.31. The SMILES string of the molecule is CC[C@@]1(O)C(=O)OCc2c1cc1n(c2=O)Cc2c-1nc1cc(F)c(C)cc1c2CCN(C(=O)CN)C1CC1. The van der Waals surface area contributed by atoms with Crippen molar-refractivity contribution < 1.29 is 23.8 Å². The van der Waals surface area contributed by atoms with Crippen molar-refractivity contribution in [2.45, 2.75) is 64.3 Å². The zero-order valence-corrected chi connectivity index (χ0v) is 21.3. The molecule has 2 aliphatic heterocycles. The van der Waals surface area contributed by atoms with Gasteiger partial charge < -0.3 is 25.0 Å². The van der Waals surface area contributed by atoms with Gasteiger partial charge in [-0.2, -0.15) is 0 Å². The van der Waals surface area contributed by atoms with Crippen LogP contribution in [0.3, 0.4) is 0 Å². The van der Waals surface area contributed by atoms with Crippen molar-refractivity contribution in [3.8, 4) is 11.4 Å². The molecule has 1 amide bonds. The fourth-order valence-electron chi connectivity index (χ4n) is 5.82. The summed E-state index contributed by atoms with van der Waals surface area (Å²) in [4.78, 5) is 45.2. The van der Waals surface area contributed by atoms with Gasteiger partial charge in [0.25, 0.3) is 5.56 Å². The Morgan fingerprint density at radius 1 is 1.29 bits per heavy atom. The maximum atomic E-state index is 14.6.